The van der Waals surface area contributed by atoms with Gasteiger partial charge >= 0.3 is 5.97 Å². The van der Waals surface area contributed by atoms with E-state index >= 15 is 0 Å². The fraction of sp³-hybridized carbons (Fsp3) is 0.300. The van der Waals surface area contributed by atoms with Crippen molar-refractivity contribution in [2.24, 2.45) is 0 Å². The van der Waals surface area contributed by atoms with Crippen LogP contribution in [0.3, 0.4) is 0 Å². The Morgan fingerprint density at radius 1 is 1.14 bits per heavy atom. The van der Waals surface area contributed by atoms with Crippen LogP contribution in [0.15, 0.2) is 48.5 Å². The molecule has 0 spiro atoms. The lowest BCUT2D eigenvalue weighted by atomic mass is 10.0. The van der Waals surface area contributed by atoms with Gasteiger partial charge in [-0.05, 0) is 18.1 Å². The Bertz CT molecular complexity index is 838. The van der Waals surface area contributed by atoms with Crippen molar-refractivity contribution in [3.8, 4) is 5.75 Å². The smallest absolute Gasteiger partial charge is 0.328 e. The Hall–Kier alpha value is -3.42. The second-order valence-electron chi connectivity index (χ2n) is 6.09. The lowest BCUT2D eigenvalue weighted by Gasteiger charge is -2.18. The van der Waals surface area contributed by atoms with Gasteiger partial charge in [-0.2, -0.15) is 0 Å². The van der Waals surface area contributed by atoms with Gasteiger partial charge in [0.1, 0.15) is 11.8 Å². The second-order valence-corrected chi connectivity index (χ2v) is 6.09. The van der Waals surface area contributed by atoms with Crippen LogP contribution in [0.2, 0.25) is 0 Å². The standard InChI is InChI=1S/C20H22N2O6/c1-27-18-10-9-16(22(25)26)12-15(18)13-17(20(24)28-2)21-19(23)11-8-14-6-4-3-5-7-14/h3-7,9-10,12,17H,8,11,13H2,1-2H3,(H,21,23)/t17-/m1/s1. The Balaban J connectivity index is 2.11. The van der Waals surface area contributed by atoms with Gasteiger partial charge in [-0.15, -0.1) is 0 Å². The van der Waals surface area contributed by atoms with Gasteiger partial charge in [0.2, 0.25) is 5.91 Å². The SMILES string of the molecule is COC(=O)[C@@H](Cc1cc([N+](=O)[O-])ccc1OC)NC(=O)CCc1ccccc1. The van der Waals surface area contributed by atoms with E-state index in [1.54, 1.807) is 0 Å². The molecule has 1 atom stereocenters. The number of rotatable bonds is 9. The van der Waals surface area contributed by atoms with Gasteiger partial charge in [-0.1, -0.05) is 30.3 Å². The minimum absolute atomic E-state index is 0.00854. The van der Waals surface area contributed by atoms with Gasteiger partial charge in [-0.3, -0.25) is 14.9 Å². The number of carbonyl (C=O) groups excluding carboxylic acids is 2. The molecule has 0 fully saturated rings. The number of carbonyl (C=O) groups is 2. The zero-order valence-electron chi connectivity index (χ0n) is 15.7. The van der Waals surface area contributed by atoms with Crippen LogP contribution in [0.1, 0.15) is 17.5 Å². The molecule has 28 heavy (non-hydrogen) atoms. The fourth-order valence-corrected chi connectivity index (χ4v) is 2.76. The molecule has 0 aliphatic carbocycles. The second kappa shape index (κ2) is 10.1. The Morgan fingerprint density at radius 2 is 1.86 bits per heavy atom. The maximum Gasteiger partial charge on any atom is 0.328 e. The first-order valence-corrected chi connectivity index (χ1v) is 8.67. The zero-order chi connectivity index (χ0) is 20.5. The molecular weight excluding hydrogens is 364 g/mol. The molecule has 0 radical (unpaired) electrons. The molecule has 148 valence electrons. The van der Waals surface area contributed by atoms with Crippen molar-refractivity contribution in [3.05, 3.63) is 69.8 Å². The Kier molecular flexibility index (Phi) is 7.50. The number of nitro groups is 1. The molecule has 2 aromatic rings. The summed E-state index contributed by atoms with van der Waals surface area (Å²) in [7, 11) is 2.65. The van der Waals surface area contributed by atoms with Crippen LogP contribution in [0.5, 0.6) is 5.75 Å². The number of hydrogen-bond acceptors (Lipinski definition) is 6. The Morgan fingerprint density at radius 3 is 2.46 bits per heavy atom. The summed E-state index contributed by atoms with van der Waals surface area (Å²) in [6.45, 7) is 0. The number of non-ortho nitro benzene ring substituents is 1. The quantitative estimate of drug-likeness (QED) is 0.403. The number of nitrogens with one attached hydrogen (secondary N) is 1. The van der Waals surface area contributed by atoms with E-state index in [0.717, 1.165) is 5.56 Å². The summed E-state index contributed by atoms with van der Waals surface area (Å²) in [5.41, 5.74) is 1.30. The van der Waals surface area contributed by atoms with Crippen LogP contribution >= 0.6 is 0 Å². The van der Waals surface area contributed by atoms with Crippen molar-refractivity contribution in [1.82, 2.24) is 5.32 Å². The molecule has 2 aromatic carbocycles. The molecule has 0 aromatic heterocycles. The number of aryl methyl sites for hydroxylation is 1. The van der Waals surface area contributed by atoms with Gasteiger partial charge in [0, 0.05) is 30.5 Å². The molecule has 0 saturated carbocycles. The highest BCUT2D eigenvalue weighted by molar-refractivity contribution is 5.84. The summed E-state index contributed by atoms with van der Waals surface area (Å²) in [6, 6.07) is 12.6. The minimum atomic E-state index is -0.982. The first-order chi connectivity index (χ1) is 13.4. The number of methoxy groups -OCH3 is 2. The molecule has 8 heteroatoms. The number of benzene rings is 2. The summed E-state index contributed by atoms with van der Waals surface area (Å²) in [5, 5.41) is 13.7. The lowest BCUT2D eigenvalue weighted by Crippen LogP contribution is -2.43. The first-order valence-electron chi connectivity index (χ1n) is 8.67. The van der Waals surface area contributed by atoms with Crippen LogP contribution in [0, 0.1) is 10.1 Å². The summed E-state index contributed by atoms with van der Waals surface area (Å²) in [6.07, 6.45) is 0.735. The molecule has 1 amide bonds. The zero-order valence-corrected chi connectivity index (χ0v) is 15.7. The van der Waals surface area contributed by atoms with Gasteiger partial charge in [0.05, 0.1) is 19.1 Å². The number of nitrogens with zero attached hydrogens (tertiary/aromatic N) is 1. The maximum absolute atomic E-state index is 12.3. The molecule has 0 heterocycles. The molecule has 0 unspecified atom stereocenters. The number of nitro benzene ring substituents is 1. The lowest BCUT2D eigenvalue weighted by molar-refractivity contribution is -0.384. The van der Waals surface area contributed by atoms with Crippen molar-refractivity contribution in [3.63, 3.8) is 0 Å². The minimum Gasteiger partial charge on any atom is -0.496 e. The average molecular weight is 386 g/mol. The third-order valence-electron chi connectivity index (χ3n) is 4.20. The average Bonchev–Trinajstić information content (AvgIpc) is 2.71. The van der Waals surface area contributed by atoms with Crippen LogP contribution in [-0.4, -0.2) is 37.1 Å². The third-order valence-corrected chi connectivity index (χ3v) is 4.20. The van der Waals surface area contributed by atoms with Gasteiger partial charge in [-0.25, -0.2) is 4.79 Å². The number of esters is 1. The molecule has 8 nitrogen and oxygen atoms in total. The van der Waals surface area contributed by atoms with Gasteiger partial charge < -0.3 is 14.8 Å². The summed E-state index contributed by atoms with van der Waals surface area (Å²) in [4.78, 5) is 34.9. The Labute approximate surface area is 162 Å². The molecule has 1 N–H and O–H groups in total. The predicted octanol–water partition coefficient (Wildman–Crippen LogP) is 2.44. The molecule has 0 aliphatic heterocycles. The van der Waals surface area contributed by atoms with E-state index in [0.29, 0.717) is 17.7 Å². The number of ether oxygens (including phenoxy) is 2. The molecule has 0 aliphatic rings. The topological polar surface area (TPSA) is 108 Å². The van der Waals surface area contributed by atoms with E-state index in [9.17, 15) is 19.7 Å². The van der Waals surface area contributed by atoms with Gasteiger partial charge in [0.15, 0.2) is 0 Å². The molecule has 0 bridgehead atoms. The molecule has 0 saturated heterocycles. The number of amides is 1. The highest BCUT2D eigenvalue weighted by Gasteiger charge is 2.24. The van der Waals surface area contributed by atoms with Crippen molar-refractivity contribution >= 4 is 17.6 Å². The highest BCUT2D eigenvalue weighted by Crippen LogP contribution is 2.25. The monoisotopic (exact) mass is 386 g/mol. The largest absolute Gasteiger partial charge is 0.496 e. The highest BCUT2D eigenvalue weighted by atomic mass is 16.6. The molecule has 2 rings (SSSR count). The van der Waals surface area contributed by atoms with Crippen molar-refractivity contribution in [2.45, 2.75) is 25.3 Å². The normalized spacial score (nSPS) is 11.4. The first kappa shape index (κ1) is 20.9. The van der Waals surface area contributed by atoms with Crippen molar-refractivity contribution in [2.75, 3.05) is 14.2 Å². The fourth-order valence-electron chi connectivity index (χ4n) is 2.76. The predicted molar refractivity (Wildman–Crippen MR) is 102 cm³/mol. The third kappa shape index (κ3) is 5.80. The van der Waals surface area contributed by atoms with E-state index in [4.69, 9.17) is 9.47 Å². The van der Waals surface area contributed by atoms with Crippen molar-refractivity contribution < 1.29 is 24.0 Å². The van der Waals surface area contributed by atoms with E-state index < -0.39 is 16.9 Å². The maximum atomic E-state index is 12.3. The van der Waals surface area contributed by atoms with Crippen molar-refractivity contribution in [1.29, 1.82) is 0 Å². The number of hydrogen-bond donors (Lipinski definition) is 1. The summed E-state index contributed by atoms with van der Waals surface area (Å²) >= 11 is 0. The van der Waals surface area contributed by atoms with E-state index in [-0.39, 0.29) is 24.4 Å². The van der Waals surface area contributed by atoms with Gasteiger partial charge in [0.25, 0.3) is 5.69 Å². The van der Waals surface area contributed by atoms with E-state index in [1.165, 1.54) is 32.4 Å². The van der Waals surface area contributed by atoms with Crippen LogP contribution < -0.4 is 10.1 Å². The van der Waals surface area contributed by atoms with E-state index in [1.807, 2.05) is 30.3 Å². The van der Waals surface area contributed by atoms with Crippen LogP contribution in [0.25, 0.3) is 0 Å². The summed E-state index contributed by atoms with van der Waals surface area (Å²) < 4.78 is 9.99. The van der Waals surface area contributed by atoms with E-state index in [2.05, 4.69) is 5.32 Å². The molecular formula is C20H22N2O6. The van der Waals surface area contributed by atoms with Crippen LogP contribution in [-0.2, 0) is 27.2 Å². The van der Waals surface area contributed by atoms with Crippen LogP contribution in [0.4, 0.5) is 5.69 Å². The summed E-state index contributed by atoms with van der Waals surface area (Å²) in [5.74, 6) is -0.566.